The molecule has 1 heterocycles. The maximum absolute atomic E-state index is 8.64. The van der Waals surface area contributed by atoms with Crippen molar-refractivity contribution in [3.05, 3.63) is 23.4 Å². The number of unbranched alkanes of at least 4 members (excludes halogenated alkanes) is 2. The van der Waals surface area contributed by atoms with Crippen molar-refractivity contribution in [3.8, 4) is 5.88 Å². The molecule has 0 aliphatic rings. The molecule has 100 valence electrons. The molecule has 18 heavy (non-hydrogen) atoms. The molecule has 0 aliphatic heterocycles. The number of amidine groups is 1. The van der Waals surface area contributed by atoms with Crippen molar-refractivity contribution in [2.75, 3.05) is 13.2 Å². The van der Waals surface area contributed by atoms with Crippen molar-refractivity contribution in [1.29, 1.82) is 0 Å². The minimum atomic E-state index is 0.0330. The van der Waals surface area contributed by atoms with Crippen molar-refractivity contribution in [1.82, 2.24) is 4.98 Å². The first-order valence-corrected chi connectivity index (χ1v) is 5.87. The van der Waals surface area contributed by atoms with Crippen LogP contribution in [0.25, 0.3) is 0 Å². The molecule has 0 saturated heterocycles. The molecule has 0 bridgehead atoms. The Morgan fingerprint density at radius 2 is 2.17 bits per heavy atom. The van der Waals surface area contributed by atoms with Gasteiger partial charge in [-0.15, -0.1) is 0 Å². The average Bonchev–Trinajstić information content (AvgIpc) is 2.37. The van der Waals surface area contributed by atoms with Crippen molar-refractivity contribution in [2.24, 2.45) is 10.9 Å². The number of aromatic nitrogens is 1. The van der Waals surface area contributed by atoms with E-state index in [9.17, 15) is 0 Å². The van der Waals surface area contributed by atoms with Crippen LogP contribution in [0, 0.1) is 6.92 Å². The number of ether oxygens (including phenoxy) is 1. The summed E-state index contributed by atoms with van der Waals surface area (Å²) in [5.41, 5.74) is 6.83. The van der Waals surface area contributed by atoms with E-state index in [0.29, 0.717) is 18.1 Å². The first-order valence-electron chi connectivity index (χ1n) is 5.87. The summed E-state index contributed by atoms with van der Waals surface area (Å²) in [6.07, 6.45) is 2.55. The monoisotopic (exact) mass is 253 g/mol. The molecular formula is C12H19N3O3. The standard InChI is InChI=1S/C12H19N3O3/c1-9-7-10(12(13)15-17)8-11(14-9)18-6-4-2-3-5-16/h7-8,16-17H,2-6H2,1H3,(H2,13,15). The van der Waals surface area contributed by atoms with Crippen molar-refractivity contribution in [3.63, 3.8) is 0 Å². The van der Waals surface area contributed by atoms with E-state index in [1.165, 1.54) is 0 Å². The van der Waals surface area contributed by atoms with Gasteiger partial charge in [0.25, 0.3) is 0 Å². The van der Waals surface area contributed by atoms with Gasteiger partial charge in [0.1, 0.15) is 0 Å². The van der Waals surface area contributed by atoms with Crippen molar-refractivity contribution >= 4 is 5.84 Å². The van der Waals surface area contributed by atoms with Gasteiger partial charge >= 0.3 is 0 Å². The molecule has 6 nitrogen and oxygen atoms in total. The third-order valence-corrected chi connectivity index (χ3v) is 2.39. The molecule has 1 rings (SSSR count). The number of oxime groups is 1. The number of nitrogens with zero attached hydrogens (tertiary/aromatic N) is 2. The fourth-order valence-electron chi connectivity index (χ4n) is 1.49. The van der Waals surface area contributed by atoms with Crippen LogP contribution in [0.2, 0.25) is 0 Å². The van der Waals surface area contributed by atoms with E-state index >= 15 is 0 Å². The Labute approximate surface area is 106 Å². The van der Waals surface area contributed by atoms with Gasteiger partial charge in [-0.05, 0) is 32.3 Å². The molecule has 6 heteroatoms. The number of hydrogen-bond donors (Lipinski definition) is 3. The molecule has 0 radical (unpaired) electrons. The van der Waals surface area contributed by atoms with Crippen LogP contribution < -0.4 is 10.5 Å². The minimum absolute atomic E-state index is 0.0330. The van der Waals surface area contributed by atoms with Crippen LogP contribution in [0.3, 0.4) is 0 Å². The largest absolute Gasteiger partial charge is 0.478 e. The first-order chi connectivity index (χ1) is 8.67. The summed E-state index contributed by atoms with van der Waals surface area (Å²) in [6.45, 7) is 2.55. The Balaban J connectivity index is 2.58. The molecule has 0 amide bonds. The number of pyridine rings is 1. The molecule has 1 aromatic rings. The third-order valence-electron chi connectivity index (χ3n) is 2.39. The zero-order valence-corrected chi connectivity index (χ0v) is 10.5. The van der Waals surface area contributed by atoms with Crippen molar-refractivity contribution < 1.29 is 15.1 Å². The smallest absolute Gasteiger partial charge is 0.214 e. The van der Waals surface area contributed by atoms with Crippen molar-refractivity contribution in [2.45, 2.75) is 26.2 Å². The molecule has 1 aromatic heterocycles. The number of aryl methyl sites for hydroxylation is 1. The Hall–Kier alpha value is -1.82. The highest BCUT2D eigenvalue weighted by Gasteiger charge is 2.05. The minimum Gasteiger partial charge on any atom is -0.478 e. The van der Waals surface area contributed by atoms with Crippen LogP contribution in [-0.2, 0) is 0 Å². The van der Waals surface area contributed by atoms with Crippen LogP contribution in [0.1, 0.15) is 30.5 Å². The lowest BCUT2D eigenvalue weighted by molar-refractivity contribution is 0.262. The quantitative estimate of drug-likeness (QED) is 0.221. The topological polar surface area (TPSA) is 101 Å². The van der Waals surface area contributed by atoms with E-state index in [1.807, 2.05) is 6.92 Å². The predicted octanol–water partition coefficient (Wildman–Crippen LogP) is 1.03. The Morgan fingerprint density at radius 3 is 2.83 bits per heavy atom. The number of nitrogens with two attached hydrogens (primary N) is 1. The highest BCUT2D eigenvalue weighted by atomic mass is 16.5. The summed E-state index contributed by atoms with van der Waals surface area (Å²) in [7, 11) is 0. The summed E-state index contributed by atoms with van der Waals surface area (Å²) >= 11 is 0. The van der Waals surface area contributed by atoms with Crippen LogP contribution in [0.15, 0.2) is 17.3 Å². The second-order valence-corrected chi connectivity index (χ2v) is 3.95. The van der Waals surface area contributed by atoms with Gasteiger partial charge in [0.05, 0.1) is 6.61 Å². The maximum Gasteiger partial charge on any atom is 0.214 e. The molecule has 0 spiro atoms. The molecule has 0 atom stereocenters. The Kier molecular flexibility index (Phi) is 5.93. The lowest BCUT2D eigenvalue weighted by Gasteiger charge is -2.07. The van der Waals surface area contributed by atoms with Crippen LogP contribution in [0.5, 0.6) is 5.88 Å². The lowest BCUT2D eigenvalue weighted by atomic mass is 10.2. The number of aliphatic hydroxyl groups is 1. The van der Waals surface area contributed by atoms with E-state index in [1.54, 1.807) is 12.1 Å². The second kappa shape index (κ2) is 7.50. The van der Waals surface area contributed by atoms with Gasteiger partial charge in [-0.1, -0.05) is 5.16 Å². The van der Waals surface area contributed by atoms with Gasteiger partial charge in [-0.25, -0.2) is 4.98 Å². The van der Waals surface area contributed by atoms with Gasteiger partial charge in [0.15, 0.2) is 5.84 Å². The highest BCUT2D eigenvalue weighted by molar-refractivity contribution is 5.97. The molecule has 0 aromatic carbocycles. The van der Waals surface area contributed by atoms with E-state index < -0.39 is 0 Å². The molecule has 0 saturated carbocycles. The maximum atomic E-state index is 8.64. The van der Waals surface area contributed by atoms with Gasteiger partial charge < -0.3 is 20.8 Å². The summed E-state index contributed by atoms with van der Waals surface area (Å²) in [4.78, 5) is 4.20. The zero-order valence-electron chi connectivity index (χ0n) is 10.5. The van der Waals surface area contributed by atoms with E-state index in [-0.39, 0.29) is 12.4 Å². The molecule has 0 unspecified atom stereocenters. The van der Waals surface area contributed by atoms with Crippen LogP contribution in [-0.4, -0.2) is 34.3 Å². The van der Waals surface area contributed by atoms with E-state index in [0.717, 1.165) is 25.0 Å². The summed E-state index contributed by atoms with van der Waals surface area (Å²) in [5.74, 6) is 0.492. The van der Waals surface area contributed by atoms with Gasteiger partial charge in [0, 0.05) is 23.9 Å². The molecule has 0 fully saturated rings. The summed E-state index contributed by atoms with van der Waals surface area (Å²) < 4.78 is 5.48. The zero-order chi connectivity index (χ0) is 13.4. The average molecular weight is 253 g/mol. The van der Waals surface area contributed by atoms with Gasteiger partial charge in [0.2, 0.25) is 5.88 Å². The molecule has 4 N–H and O–H groups in total. The Morgan fingerprint density at radius 1 is 1.39 bits per heavy atom. The lowest BCUT2D eigenvalue weighted by Crippen LogP contribution is -2.14. The number of rotatable bonds is 7. The van der Waals surface area contributed by atoms with Gasteiger partial charge in [-0.2, -0.15) is 0 Å². The number of aliphatic hydroxyl groups excluding tert-OH is 1. The highest BCUT2D eigenvalue weighted by Crippen LogP contribution is 2.13. The SMILES string of the molecule is Cc1cc(/C(N)=N/O)cc(OCCCCCO)n1. The first kappa shape index (κ1) is 14.2. The van der Waals surface area contributed by atoms with Crippen LogP contribution in [0.4, 0.5) is 0 Å². The van der Waals surface area contributed by atoms with E-state index in [4.69, 9.17) is 20.8 Å². The fourth-order valence-corrected chi connectivity index (χ4v) is 1.49. The number of hydrogen-bond acceptors (Lipinski definition) is 5. The summed E-state index contributed by atoms with van der Waals surface area (Å²) in [6, 6.07) is 3.35. The second-order valence-electron chi connectivity index (χ2n) is 3.95. The third kappa shape index (κ3) is 4.58. The van der Waals surface area contributed by atoms with Crippen LogP contribution >= 0.6 is 0 Å². The molecule has 0 aliphatic carbocycles. The predicted molar refractivity (Wildman–Crippen MR) is 67.9 cm³/mol. The normalized spacial score (nSPS) is 11.6. The Bertz CT molecular complexity index is 408. The molecular weight excluding hydrogens is 234 g/mol. The van der Waals surface area contributed by atoms with Gasteiger partial charge in [-0.3, -0.25) is 0 Å². The summed E-state index contributed by atoms with van der Waals surface area (Å²) in [5, 5.41) is 20.2. The fraction of sp³-hybridized carbons (Fsp3) is 0.500. The van der Waals surface area contributed by atoms with E-state index in [2.05, 4.69) is 10.1 Å².